The molecule has 0 bridgehead atoms. The Morgan fingerprint density at radius 3 is 2.34 bits per heavy atom. The Morgan fingerprint density at radius 2 is 1.69 bits per heavy atom. The molecule has 2 saturated heterocycles. The van der Waals surface area contributed by atoms with Crippen LogP contribution in [0.15, 0.2) is 54.6 Å². The van der Waals surface area contributed by atoms with Crippen LogP contribution in [-0.2, 0) is 19.2 Å². The Bertz CT molecular complexity index is 1300. The third kappa shape index (κ3) is 3.73. The Balaban J connectivity index is 1.59. The van der Waals surface area contributed by atoms with Crippen molar-refractivity contribution in [1.29, 1.82) is 0 Å². The van der Waals surface area contributed by atoms with Gasteiger partial charge in [-0.3, -0.25) is 14.4 Å². The van der Waals surface area contributed by atoms with Crippen molar-refractivity contribution in [2.45, 2.75) is 39.8 Å². The lowest BCUT2D eigenvalue weighted by molar-refractivity contribution is -0.126. The number of aryl methyl sites for hydroxylation is 2. The van der Waals surface area contributed by atoms with Crippen LogP contribution in [0.3, 0.4) is 0 Å². The number of imide groups is 1. The summed E-state index contributed by atoms with van der Waals surface area (Å²) in [5, 5.41) is 1.98. The second-order valence-corrected chi connectivity index (χ2v) is 9.97. The molecule has 0 saturated carbocycles. The molecular formula is C27H26N2O5S. The average molecular weight is 491 g/mol. The van der Waals surface area contributed by atoms with E-state index < -0.39 is 29.9 Å². The molecule has 5 rings (SSSR count). The minimum atomic E-state index is -0.994. The highest BCUT2D eigenvalue weighted by atomic mass is 32.1. The first-order valence-corrected chi connectivity index (χ1v) is 12.4. The molecule has 1 aromatic heterocycles. The lowest BCUT2D eigenvalue weighted by atomic mass is 9.90. The number of amides is 2. The molecule has 7 nitrogen and oxygen atoms in total. The van der Waals surface area contributed by atoms with Crippen molar-refractivity contribution in [2.24, 2.45) is 5.92 Å². The van der Waals surface area contributed by atoms with Crippen LogP contribution in [0.25, 0.3) is 0 Å². The third-order valence-corrected chi connectivity index (χ3v) is 7.79. The number of anilines is 2. The fourth-order valence-electron chi connectivity index (χ4n) is 4.73. The van der Waals surface area contributed by atoms with Crippen LogP contribution in [0.1, 0.15) is 44.9 Å². The van der Waals surface area contributed by atoms with Crippen molar-refractivity contribution in [3.8, 4) is 0 Å². The van der Waals surface area contributed by atoms with E-state index in [9.17, 15) is 14.4 Å². The van der Waals surface area contributed by atoms with Crippen LogP contribution in [0.5, 0.6) is 0 Å². The molecular weight excluding hydrogens is 464 g/mol. The number of ether oxygens (including phenoxy) is 1. The number of carbonyl (C=O) groups excluding carboxylic acids is 3. The third-order valence-electron chi connectivity index (χ3n) is 6.59. The summed E-state index contributed by atoms with van der Waals surface area (Å²) in [6.07, 6.45) is -0.994. The SMILES string of the molecule is CCOC(=O)c1c(N2C(=O)[C@H]3[C@@H](ON(c4ccccc4)[C@H]3c3ccc(C)cc3)C2=O)sc(C)c1C. The number of thiophene rings is 1. The van der Waals surface area contributed by atoms with Gasteiger partial charge in [0.25, 0.3) is 5.91 Å². The second-order valence-electron chi connectivity index (χ2n) is 8.76. The van der Waals surface area contributed by atoms with Gasteiger partial charge in [-0.25, -0.2) is 14.8 Å². The highest BCUT2D eigenvalue weighted by Gasteiger charge is 2.61. The molecule has 3 atom stereocenters. The Hall–Kier alpha value is -3.49. The summed E-state index contributed by atoms with van der Waals surface area (Å²) in [5.41, 5.74) is 3.70. The number of esters is 1. The normalized spacial score (nSPS) is 21.5. The van der Waals surface area contributed by atoms with Gasteiger partial charge in [-0.15, -0.1) is 11.3 Å². The zero-order valence-corrected chi connectivity index (χ0v) is 20.8. The number of benzene rings is 2. The predicted molar refractivity (Wildman–Crippen MR) is 133 cm³/mol. The zero-order chi connectivity index (χ0) is 24.9. The highest BCUT2D eigenvalue weighted by molar-refractivity contribution is 7.17. The van der Waals surface area contributed by atoms with E-state index in [-0.39, 0.29) is 18.1 Å². The van der Waals surface area contributed by atoms with E-state index in [0.29, 0.717) is 10.6 Å². The maximum Gasteiger partial charge on any atom is 0.341 e. The molecule has 0 radical (unpaired) electrons. The van der Waals surface area contributed by atoms with Gasteiger partial charge >= 0.3 is 5.97 Å². The zero-order valence-electron chi connectivity index (χ0n) is 20.0. The molecule has 2 aliphatic heterocycles. The van der Waals surface area contributed by atoms with Gasteiger partial charge in [0.15, 0.2) is 6.10 Å². The smallest absolute Gasteiger partial charge is 0.341 e. The van der Waals surface area contributed by atoms with E-state index in [0.717, 1.165) is 26.6 Å². The van der Waals surface area contributed by atoms with Crippen LogP contribution < -0.4 is 9.96 Å². The standard InChI is InChI=1S/C27H26N2O5S/c1-5-33-27(32)20-16(3)17(4)35-26(20)28-24(30)21-22(18-13-11-15(2)12-14-18)29(34-23(21)25(28)31)19-9-7-6-8-10-19/h6-14,21-23H,5H2,1-4H3/t21-,22+,23-/m1/s1. The summed E-state index contributed by atoms with van der Waals surface area (Å²) >= 11 is 1.25. The monoisotopic (exact) mass is 490 g/mol. The summed E-state index contributed by atoms with van der Waals surface area (Å²) in [7, 11) is 0. The Morgan fingerprint density at radius 1 is 1.00 bits per heavy atom. The number of nitrogens with zero attached hydrogens (tertiary/aromatic N) is 2. The number of hydrogen-bond donors (Lipinski definition) is 0. The van der Waals surface area contributed by atoms with Gasteiger partial charge in [0.05, 0.1) is 23.9 Å². The van der Waals surface area contributed by atoms with Crippen molar-refractivity contribution in [3.05, 3.63) is 81.7 Å². The minimum absolute atomic E-state index is 0.199. The van der Waals surface area contributed by atoms with Crippen LogP contribution in [0.4, 0.5) is 10.7 Å². The number of hydrogen-bond acceptors (Lipinski definition) is 7. The summed E-state index contributed by atoms with van der Waals surface area (Å²) < 4.78 is 5.24. The Labute approximate surface area is 207 Å². The van der Waals surface area contributed by atoms with E-state index in [1.807, 2.05) is 68.4 Å². The lowest BCUT2D eigenvalue weighted by Gasteiger charge is -2.28. The van der Waals surface area contributed by atoms with Crippen molar-refractivity contribution >= 4 is 39.8 Å². The van der Waals surface area contributed by atoms with Gasteiger partial charge in [-0.05, 0) is 51.0 Å². The van der Waals surface area contributed by atoms with E-state index in [1.165, 1.54) is 11.3 Å². The first-order valence-electron chi connectivity index (χ1n) is 11.6. The summed E-state index contributed by atoms with van der Waals surface area (Å²) in [6, 6.07) is 16.8. The largest absolute Gasteiger partial charge is 0.462 e. The first-order chi connectivity index (χ1) is 16.8. The maximum absolute atomic E-state index is 13.9. The number of para-hydroxylation sites is 1. The van der Waals surface area contributed by atoms with Gasteiger partial charge in [-0.1, -0.05) is 48.0 Å². The minimum Gasteiger partial charge on any atom is -0.462 e. The topological polar surface area (TPSA) is 76.2 Å². The second kappa shape index (κ2) is 8.94. The van der Waals surface area contributed by atoms with Crippen molar-refractivity contribution < 1.29 is 24.0 Å². The molecule has 2 aromatic carbocycles. The average Bonchev–Trinajstić information content (AvgIpc) is 3.45. The molecule has 2 fully saturated rings. The van der Waals surface area contributed by atoms with E-state index in [1.54, 1.807) is 18.9 Å². The van der Waals surface area contributed by atoms with Crippen LogP contribution in [0, 0.1) is 26.7 Å². The summed E-state index contributed by atoms with van der Waals surface area (Å²) in [4.78, 5) is 48.5. The lowest BCUT2D eigenvalue weighted by Crippen LogP contribution is -2.37. The van der Waals surface area contributed by atoms with Crippen molar-refractivity contribution in [1.82, 2.24) is 0 Å². The number of carbonyl (C=O) groups is 3. The molecule has 0 N–H and O–H groups in total. The van der Waals surface area contributed by atoms with Gasteiger partial charge in [-0.2, -0.15) is 0 Å². The molecule has 2 amide bonds. The molecule has 0 unspecified atom stereocenters. The molecule has 2 aliphatic rings. The predicted octanol–water partition coefficient (Wildman–Crippen LogP) is 4.90. The summed E-state index contributed by atoms with van der Waals surface area (Å²) in [6.45, 7) is 7.58. The van der Waals surface area contributed by atoms with Gasteiger partial charge in [0.2, 0.25) is 5.91 Å². The van der Waals surface area contributed by atoms with Crippen LogP contribution in [0.2, 0.25) is 0 Å². The van der Waals surface area contributed by atoms with Gasteiger partial charge in [0, 0.05) is 4.88 Å². The molecule has 35 heavy (non-hydrogen) atoms. The fourth-order valence-corrected chi connectivity index (χ4v) is 5.88. The first kappa shape index (κ1) is 23.3. The highest BCUT2D eigenvalue weighted by Crippen LogP contribution is 2.49. The number of fused-ring (bicyclic) bond motifs is 1. The molecule has 0 spiro atoms. The van der Waals surface area contributed by atoms with Crippen LogP contribution >= 0.6 is 11.3 Å². The molecule has 8 heteroatoms. The van der Waals surface area contributed by atoms with E-state index in [2.05, 4.69) is 0 Å². The molecule has 3 aromatic rings. The molecule has 180 valence electrons. The summed E-state index contributed by atoms with van der Waals surface area (Å²) in [5.74, 6) is -2.15. The van der Waals surface area contributed by atoms with E-state index >= 15 is 0 Å². The Kier molecular flexibility index (Phi) is 5.94. The van der Waals surface area contributed by atoms with E-state index in [4.69, 9.17) is 9.57 Å². The van der Waals surface area contributed by atoms with Gasteiger partial charge < -0.3 is 4.74 Å². The van der Waals surface area contributed by atoms with Crippen molar-refractivity contribution in [2.75, 3.05) is 16.6 Å². The van der Waals surface area contributed by atoms with Crippen molar-refractivity contribution in [3.63, 3.8) is 0 Å². The maximum atomic E-state index is 13.9. The molecule has 0 aliphatic carbocycles. The van der Waals surface area contributed by atoms with Gasteiger partial charge in [0.1, 0.15) is 10.9 Å². The fraction of sp³-hybridized carbons (Fsp3) is 0.296. The number of hydroxylamine groups is 1. The quantitative estimate of drug-likeness (QED) is 0.374. The number of rotatable bonds is 5. The van der Waals surface area contributed by atoms with Crippen LogP contribution in [-0.4, -0.2) is 30.5 Å². The molecule has 3 heterocycles.